The van der Waals surface area contributed by atoms with E-state index < -0.39 is 12.8 Å². The summed E-state index contributed by atoms with van der Waals surface area (Å²) in [6.45, 7) is 3.22. The molecular formula is C18H27F3N4O2. The number of nitrogens with one attached hydrogen (secondary N) is 2. The van der Waals surface area contributed by atoms with Crippen LogP contribution in [0.4, 0.5) is 13.2 Å². The van der Waals surface area contributed by atoms with E-state index in [0.717, 1.165) is 12.0 Å². The van der Waals surface area contributed by atoms with Crippen molar-refractivity contribution in [3.8, 4) is 5.75 Å². The van der Waals surface area contributed by atoms with Crippen LogP contribution in [0, 0.1) is 6.92 Å². The lowest BCUT2D eigenvalue weighted by atomic mass is 10.1. The molecule has 0 aliphatic rings. The van der Waals surface area contributed by atoms with E-state index in [2.05, 4.69) is 15.6 Å². The van der Waals surface area contributed by atoms with Gasteiger partial charge in [-0.25, -0.2) is 4.99 Å². The van der Waals surface area contributed by atoms with Gasteiger partial charge >= 0.3 is 6.18 Å². The maximum absolute atomic E-state index is 12.5. The van der Waals surface area contributed by atoms with Gasteiger partial charge in [0.15, 0.2) is 12.6 Å². The molecular weight excluding hydrogens is 361 g/mol. The summed E-state index contributed by atoms with van der Waals surface area (Å²) in [5.41, 5.74) is 1.32. The van der Waals surface area contributed by atoms with E-state index in [4.69, 9.17) is 4.74 Å². The molecule has 152 valence electrons. The van der Waals surface area contributed by atoms with Crippen LogP contribution in [0.15, 0.2) is 23.2 Å². The van der Waals surface area contributed by atoms with Crippen molar-refractivity contribution in [1.82, 2.24) is 15.5 Å². The van der Waals surface area contributed by atoms with Crippen LogP contribution in [0.2, 0.25) is 0 Å². The van der Waals surface area contributed by atoms with E-state index >= 15 is 0 Å². The molecule has 1 amide bonds. The first kappa shape index (κ1) is 22.6. The molecule has 9 heteroatoms. The Balaban J connectivity index is 2.88. The minimum atomic E-state index is -4.41. The van der Waals surface area contributed by atoms with Crippen LogP contribution in [0.3, 0.4) is 0 Å². The molecule has 1 rings (SSSR count). The summed E-state index contributed by atoms with van der Waals surface area (Å²) < 4.78 is 42.3. The molecule has 0 aliphatic carbocycles. The number of aliphatic imine (C=N–C) groups is 1. The Labute approximate surface area is 157 Å². The monoisotopic (exact) mass is 388 g/mol. The quantitative estimate of drug-likeness (QED) is 0.530. The first-order valence-electron chi connectivity index (χ1n) is 8.63. The molecule has 1 aromatic carbocycles. The van der Waals surface area contributed by atoms with Crippen molar-refractivity contribution in [1.29, 1.82) is 0 Å². The molecule has 0 heterocycles. The largest absolute Gasteiger partial charge is 0.484 e. The van der Waals surface area contributed by atoms with Gasteiger partial charge in [0.1, 0.15) is 5.75 Å². The molecule has 0 radical (unpaired) electrons. The summed E-state index contributed by atoms with van der Waals surface area (Å²) >= 11 is 0. The van der Waals surface area contributed by atoms with E-state index in [0.29, 0.717) is 18.1 Å². The van der Waals surface area contributed by atoms with E-state index in [1.165, 1.54) is 4.90 Å². The number of hydrogen-bond donors (Lipinski definition) is 2. The van der Waals surface area contributed by atoms with Crippen molar-refractivity contribution in [2.24, 2.45) is 4.99 Å². The van der Waals surface area contributed by atoms with Crippen molar-refractivity contribution < 1.29 is 22.7 Å². The number of halogens is 3. The van der Waals surface area contributed by atoms with Gasteiger partial charge in [0.2, 0.25) is 5.91 Å². The second-order valence-corrected chi connectivity index (χ2v) is 6.25. The zero-order valence-corrected chi connectivity index (χ0v) is 16.1. The molecule has 0 atom stereocenters. The number of nitrogens with zero attached hydrogens (tertiary/aromatic N) is 2. The third-order valence-electron chi connectivity index (χ3n) is 3.47. The molecule has 0 saturated heterocycles. The molecule has 0 aromatic heterocycles. The number of rotatable bonds is 8. The number of carbonyl (C=O) groups excluding carboxylic acids is 1. The predicted octanol–water partition coefficient (Wildman–Crippen LogP) is 2.47. The van der Waals surface area contributed by atoms with Crippen LogP contribution >= 0.6 is 0 Å². The molecule has 0 unspecified atom stereocenters. The average Bonchev–Trinajstić information content (AvgIpc) is 2.59. The highest BCUT2D eigenvalue weighted by Gasteiger charge is 2.28. The van der Waals surface area contributed by atoms with Crippen molar-refractivity contribution in [3.05, 3.63) is 29.3 Å². The summed E-state index contributed by atoms with van der Waals surface area (Å²) in [5, 5.41) is 5.99. The van der Waals surface area contributed by atoms with Gasteiger partial charge in [0, 0.05) is 26.2 Å². The lowest BCUT2D eigenvalue weighted by Gasteiger charge is -2.16. The summed E-state index contributed by atoms with van der Waals surface area (Å²) in [7, 11) is 3.30. The second-order valence-electron chi connectivity index (χ2n) is 6.25. The fraction of sp³-hybridized carbons (Fsp3) is 0.556. The van der Waals surface area contributed by atoms with Crippen molar-refractivity contribution in [2.45, 2.75) is 33.0 Å². The Kier molecular flexibility index (Phi) is 8.90. The Hall–Kier alpha value is -2.45. The summed E-state index contributed by atoms with van der Waals surface area (Å²) in [4.78, 5) is 17.5. The SMILES string of the molecule is CCCNC(=NCc1ccc(C)cc1OCC(F)(F)F)NCC(=O)N(C)C. The summed E-state index contributed by atoms with van der Waals surface area (Å²) in [5.74, 6) is 0.440. The zero-order chi connectivity index (χ0) is 20.4. The van der Waals surface area contributed by atoms with Gasteiger partial charge in [-0.2, -0.15) is 13.2 Å². The van der Waals surface area contributed by atoms with Crippen LogP contribution < -0.4 is 15.4 Å². The Morgan fingerprint density at radius 1 is 1.26 bits per heavy atom. The van der Waals surface area contributed by atoms with Crippen molar-refractivity contribution >= 4 is 11.9 Å². The lowest BCUT2D eigenvalue weighted by Crippen LogP contribution is -2.43. The average molecular weight is 388 g/mol. The molecule has 6 nitrogen and oxygen atoms in total. The second kappa shape index (κ2) is 10.6. The third-order valence-corrected chi connectivity index (χ3v) is 3.47. The molecule has 0 fully saturated rings. The first-order valence-corrected chi connectivity index (χ1v) is 8.63. The fourth-order valence-electron chi connectivity index (χ4n) is 1.99. The van der Waals surface area contributed by atoms with E-state index in [1.807, 2.05) is 6.92 Å². The number of guanidine groups is 1. The third kappa shape index (κ3) is 9.16. The topological polar surface area (TPSA) is 66.0 Å². The summed E-state index contributed by atoms with van der Waals surface area (Å²) in [6.07, 6.45) is -3.56. The maximum Gasteiger partial charge on any atom is 0.422 e. The smallest absolute Gasteiger partial charge is 0.422 e. The number of likely N-dealkylation sites (N-methyl/N-ethyl adjacent to an activating group) is 1. The van der Waals surface area contributed by atoms with Crippen LogP contribution in [0.25, 0.3) is 0 Å². The van der Waals surface area contributed by atoms with Gasteiger partial charge in [-0.3, -0.25) is 4.79 Å². The van der Waals surface area contributed by atoms with Gasteiger partial charge < -0.3 is 20.3 Å². The van der Waals surface area contributed by atoms with Gasteiger partial charge in [0.25, 0.3) is 0 Å². The molecule has 1 aromatic rings. The molecule has 27 heavy (non-hydrogen) atoms. The van der Waals surface area contributed by atoms with E-state index in [9.17, 15) is 18.0 Å². The van der Waals surface area contributed by atoms with Crippen LogP contribution in [0.5, 0.6) is 5.75 Å². The Bertz CT molecular complexity index is 646. The molecule has 0 aliphatic heterocycles. The summed E-state index contributed by atoms with van der Waals surface area (Å²) in [6, 6.07) is 5.03. The standard InChI is InChI=1S/C18H27F3N4O2/c1-5-8-22-17(24-11-16(26)25(3)4)23-10-14-7-6-13(2)9-15(14)27-12-18(19,20)21/h6-7,9H,5,8,10-12H2,1-4H3,(H2,22,23,24). The van der Waals surface area contributed by atoms with E-state index in [-0.39, 0.29) is 24.7 Å². The molecule has 0 spiro atoms. The van der Waals surface area contributed by atoms with Crippen LogP contribution in [-0.4, -0.2) is 56.7 Å². The number of aryl methyl sites for hydroxylation is 1. The molecule has 0 saturated carbocycles. The number of alkyl halides is 3. The Morgan fingerprint density at radius 2 is 1.96 bits per heavy atom. The highest BCUT2D eigenvalue weighted by molar-refractivity contribution is 5.86. The zero-order valence-electron chi connectivity index (χ0n) is 16.1. The van der Waals surface area contributed by atoms with E-state index in [1.54, 1.807) is 39.2 Å². The number of amides is 1. The van der Waals surface area contributed by atoms with Crippen LogP contribution in [-0.2, 0) is 11.3 Å². The maximum atomic E-state index is 12.5. The molecule has 2 N–H and O–H groups in total. The van der Waals surface area contributed by atoms with Crippen molar-refractivity contribution in [2.75, 3.05) is 33.8 Å². The normalized spacial score (nSPS) is 11.9. The minimum absolute atomic E-state index is 0.0634. The number of hydrogen-bond acceptors (Lipinski definition) is 3. The van der Waals surface area contributed by atoms with Crippen molar-refractivity contribution in [3.63, 3.8) is 0 Å². The van der Waals surface area contributed by atoms with Gasteiger partial charge in [-0.1, -0.05) is 19.1 Å². The highest BCUT2D eigenvalue weighted by atomic mass is 19.4. The van der Waals surface area contributed by atoms with Gasteiger partial charge in [-0.15, -0.1) is 0 Å². The lowest BCUT2D eigenvalue weighted by molar-refractivity contribution is -0.153. The Morgan fingerprint density at radius 3 is 2.56 bits per heavy atom. The predicted molar refractivity (Wildman–Crippen MR) is 98.9 cm³/mol. The highest BCUT2D eigenvalue weighted by Crippen LogP contribution is 2.24. The number of benzene rings is 1. The van der Waals surface area contributed by atoms with Gasteiger partial charge in [-0.05, 0) is 25.0 Å². The number of carbonyl (C=O) groups is 1. The number of ether oxygens (including phenoxy) is 1. The first-order chi connectivity index (χ1) is 12.6. The fourth-order valence-corrected chi connectivity index (χ4v) is 1.99. The molecule has 0 bridgehead atoms. The van der Waals surface area contributed by atoms with Gasteiger partial charge in [0.05, 0.1) is 13.1 Å². The minimum Gasteiger partial charge on any atom is -0.484 e. The van der Waals surface area contributed by atoms with Crippen LogP contribution in [0.1, 0.15) is 24.5 Å².